The molecule has 0 saturated heterocycles. The predicted octanol–water partition coefficient (Wildman–Crippen LogP) is 2.47. The Morgan fingerprint density at radius 3 is 2.61 bits per heavy atom. The number of aliphatic hydroxyl groups is 3. The van der Waals surface area contributed by atoms with Crippen LogP contribution in [0.5, 0.6) is 0 Å². The molecule has 0 radical (unpaired) electrons. The summed E-state index contributed by atoms with van der Waals surface area (Å²) in [5, 5.41) is 29.5. The van der Waals surface area contributed by atoms with Crippen LogP contribution in [0.4, 0.5) is 0 Å². The normalized spacial score (nSPS) is 32.8. The second-order valence-electron chi connectivity index (χ2n) is 6.50. The number of hydrogen-bond donors (Lipinski definition) is 3. The molecule has 5 nitrogen and oxygen atoms in total. The summed E-state index contributed by atoms with van der Waals surface area (Å²) in [4.78, 5) is 11.9. The molecule has 1 heterocycles. The molecule has 5 heteroatoms. The summed E-state index contributed by atoms with van der Waals surface area (Å²) in [6.07, 6.45) is 8.00. The highest BCUT2D eigenvalue weighted by atomic mass is 16.5. The molecule has 0 bridgehead atoms. The van der Waals surface area contributed by atoms with Crippen molar-refractivity contribution in [3.05, 3.63) is 12.2 Å². The van der Waals surface area contributed by atoms with E-state index in [1.807, 2.05) is 0 Å². The zero-order valence-electron chi connectivity index (χ0n) is 14.2. The van der Waals surface area contributed by atoms with Gasteiger partial charge in [0.15, 0.2) is 0 Å². The molecule has 23 heavy (non-hydrogen) atoms. The summed E-state index contributed by atoms with van der Waals surface area (Å²) in [7, 11) is 0. The first-order valence-corrected chi connectivity index (χ1v) is 8.96. The van der Waals surface area contributed by atoms with Crippen LogP contribution in [0.2, 0.25) is 0 Å². The maximum Gasteiger partial charge on any atom is 0.330 e. The van der Waals surface area contributed by atoms with Crippen molar-refractivity contribution in [2.45, 2.75) is 95.5 Å². The number of carbonyl (C=O) groups excluding carboxylic acids is 1. The van der Waals surface area contributed by atoms with Crippen LogP contribution in [0.15, 0.2) is 12.2 Å². The summed E-state index contributed by atoms with van der Waals surface area (Å²) in [6, 6.07) is 0. The van der Waals surface area contributed by atoms with Crippen molar-refractivity contribution >= 4 is 5.97 Å². The quantitative estimate of drug-likeness (QED) is 0.545. The van der Waals surface area contributed by atoms with Crippen LogP contribution in [0, 0.1) is 0 Å². The van der Waals surface area contributed by atoms with Crippen LogP contribution >= 0.6 is 0 Å². The maximum atomic E-state index is 11.9. The highest BCUT2D eigenvalue weighted by Gasteiger charge is 2.19. The first kappa shape index (κ1) is 20.1. The lowest BCUT2D eigenvalue weighted by Gasteiger charge is -2.20. The Morgan fingerprint density at radius 1 is 1.13 bits per heavy atom. The molecule has 1 unspecified atom stereocenters. The van der Waals surface area contributed by atoms with Crippen LogP contribution in [0.3, 0.4) is 0 Å². The van der Waals surface area contributed by atoms with Crippen molar-refractivity contribution in [3.8, 4) is 0 Å². The summed E-state index contributed by atoms with van der Waals surface area (Å²) in [6.45, 7) is 2.14. The summed E-state index contributed by atoms with van der Waals surface area (Å²) >= 11 is 0. The Hall–Kier alpha value is -0.910. The Labute approximate surface area is 139 Å². The third-order valence-electron chi connectivity index (χ3n) is 4.31. The van der Waals surface area contributed by atoms with E-state index in [1.165, 1.54) is 12.2 Å². The van der Waals surface area contributed by atoms with E-state index in [4.69, 9.17) is 4.74 Å². The zero-order chi connectivity index (χ0) is 17.1. The molecule has 3 N–H and O–H groups in total. The van der Waals surface area contributed by atoms with E-state index < -0.39 is 24.3 Å². The van der Waals surface area contributed by atoms with Crippen LogP contribution in [0.1, 0.15) is 71.1 Å². The molecule has 0 aromatic carbocycles. The van der Waals surface area contributed by atoms with Crippen LogP contribution in [-0.2, 0) is 9.53 Å². The highest BCUT2D eigenvalue weighted by molar-refractivity contribution is 5.82. The third kappa shape index (κ3) is 9.08. The number of unbranched alkanes of at least 4 members (excludes halogenated alkanes) is 2. The minimum atomic E-state index is -1.17. The minimum Gasteiger partial charge on any atom is -0.459 e. The maximum absolute atomic E-state index is 11.9. The fraction of sp³-hybridized carbons (Fsp3) is 0.833. The molecular weight excluding hydrogens is 296 g/mol. The van der Waals surface area contributed by atoms with Crippen molar-refractivity contribution in [3.63, 3.8) is 0 Å². The van der Waals surface area contributed by atoms with Gasteiger partial charge in [0, 0.05) is 12.5 Å². The van der Waals surface area contributed by atoms with Gasteiger partial charge in [-0.3, -0.25) is 0 Å². The topological polar surface area (TPSA) is 87.0 Å². The van der Waals surface area contributed by atoms with E-state index in [2.05, 4.69) is 6.92 Å². The predicted molar refractivity (Wildman–Crippen MR) is 88.9 cm³/mol. The van der Waals surface area contributed by atoms with E-state index in [-0.39, 0.29) is 12.5 Å². The number of carbonyl (C=O) groups is 1. The first-order valence-electron chi connectivity index (χ1n) is 8.96. The van der Waals surface area contributed by atoms with Gasteiger partial charge in [-0.25, -0.2) is 4.79 Å². The molecule has 1 aliphatic heterocycles. The van der Waals surface area contributed by atoms with Gasteiger partial charge in [-0.1, -0.05) is 32.6 Å². The molecule has 1 aliphatic rings. The number of aliphatic hydroxyl groups excluding tert-OH is 3. The molecule has 4 atom stereocenters. The van der Waals surface area contributed by atoms with Crippen molar-refractivity contribution in [1.82, 2.24) is 0 Å². The molecule has 0 fully saturated rings. The Balaban J connectivity index is 2.63. The smallest absolute Gasteiger partial charge is 0.330 e. The fourth-order valence-corrected chi connectivity index (χ4v) is 2.86. The van der Waals surface area contributed by atoms with Gasteiger partial charge < -0.3 is 20.1 Å². The van der Waals surface area contributed by atoms with Gasteiger partial charge in [0.2, 0.25) is 0 Å². The van der Waals surface area contributed by atoms with Gasteiger partial charge in [-0.2, -0.15) is 0 Å². The first-order chi connectivity index (χ1) is 11.0. The van der Waals surface area contributed by atoms with E-state index in [9.17, 15) is 20.1 Å². The fourth-order valence-electron chi connectivity index (χ4n) is 2.86. The lowest BCUT2D eigenvalue weighted by molar-refractivity contribution is -0.143. The van der Waals surface area contributed by atoms with Crippen molar-refractivity contribution in [2.24, 2.45) is 0 Å². The number of esters is 1. The number of hydrogen-bond acceptors (Lipinski definition) is 5. The molecule has 134 valence electrons. The van der Waals surface area contributed by atoms with Gasteiger partial charge in [-0.05, 0) is 38.2 Å². The molecule has 0 amide bonds. The Kier molecular flexibility index (Phi) is 10.2. The van der Waals surface area contributed by atoms with Crippen molar-refractivity contribution in [1.29, 1.82) is 0 Å². The van der Waals surface area contributed by atoms with Crippen LogP contribution < -0.4 is 0 Å². The van der Waals surface area contributed by atoms with E-state index in [1.54, 1.807) is 0 Å². The van der Waals surface area contributed by atoms with Crippen molar-refractivity contribution < 1.29 is 24.9 Å². The summed E-state index contributed by atoms with van der Waals surface area (Å²) in [5.74, 6) is -0.477. The Morgan fingerprint density at radius 2 is 1.87 bits per heavy atom. The average molecular weight is 328 g/mol. The molecule has 0 aliphatic carbocycles. The van der Waals surface area contributed by atoms with Crippen LogP contribution in [-0.4, -0.2) is 45.7 Å². The standard InChI is InChI=1S/C18H32O5/c1-2-3-5-9-15-10-7-4-6-8-14(19)13-17(21)16(20)11-12-18(22)23-15/h11-12,14-17,19-21H,2-10,13H2,1H3/b12-11+/t14-,15?,16-,17-/m1/s1. The lowest BCUT2D eigenvalue weighted by Crippen LogP contribution is -2.29. The van der Waals surface area contributed by atoms with Gasteiger partial charge >= 0.3 is 5.97 Å². The number of cyclic esters (lactones) is 1. The second kappa shape index (κ2) is 11.6. The van der Waals surface area contributed by atoms with Gasteiger partial charge in [0.05, 0.1) is 18.3 Å². The van der Waals surface area contributed by atoms with Gasteiger partial charge in [0.25, 0.3) is 0 Å². The van der Waals surface area contributed by atoms with E-state index in [0.717, 1.165) is 51.4 Å². The lowest BCUT2D eigenvalue weighted by atomic mass is 9.99. The molecule has 0 spiro atoms. The van der Waals surface area contributed by atoms with E-state index >= 15 is 0 Å². The zero-order valence-corrected chi connectivity index (χ0v) is 14.2. The molecule has 0 saturated carbocycles. The largest absolute Gasteiger partial charge is 0.459 e. The van der Waals surface area contributed by atoms with Crippen molar-refractivity contribution in [2.75, 3.05) is 0 Å². The average Bonchev–Trinajstić information content (AvgIpc) is 2.51. The van der Waals surface area contributed by atoms with Crippen LogP contribution in [0.25, 0.3) is 0 Å². The summed E-state index contributed by atoms with van der Waals surface area (Å²) in [5.41, 5.74) is 0. The monoisotopic (exact) mass is 328 g/mol. The van der Waals surface area contributed by atoms with E-state index in [0.29, 0.717) is 6.42 Å². The SMILES string of the molecule is CCCCCC1CCCCC[C@@H](O)C[C@@H](O)[C@H](O)/C=C/C(=O)O1. The Bertz CT molecular complexity index is 355. The molecule has 0 aromatic heterocycles. The molecule has 0 aromatic rings. The van der Waals surface area contributed by atoms with Gasteiger partial charge in [-0.15, -0.1) is 0 Å². The minimum absolute atomic E-state index is 0.0892. The molecular formula is C18H32O5. The third-order valence-corrected chi connectivity index (χ3v) is 4.31. The number of rotatable bonds is 4. The summed E-state index contributed by atoms with van der Waals surface area (Å²) < 4.78 is 5.48. The molecule has 1 rings (SSSR count). The second-order valence-corrected chi connectivity index (χ2v) is 6.50. The highest BCUT2D eigenvalue weighted by Crippen LogP contribution is 2.18. The number of ether oxygens (including phenoxy) is 1. The van der Waals surface area contributed by atoms with Gasteiger partial charge in [0.1, 0.15) is 6.10 Å².